The largest absolute Gasteiger partial charge is 0.390 e. The zero-order chi connectivity index (χ0) is 17.3. The number of nitro groups is 1. The molecule has 0 fully saturated rings. The first kappa shape index (κ1) is 15.7. The molecule has 0 unspecified atom stereocenters. The number of hydrogen-bond donors (Lipinski definition) is 1. The van der Waals surface area contributed by atoms with E-state index in [1.165, 1.54) is 10.7 Å². The lowest BCUT2D eigenvalue weighted by Crippen LogP contribution is -2.17. The monoisotopic (exact) mass is 328 g/mol. The predicted octanol–water partition coefficient (Wildman–Crippen LogP) is 2.02. The van der Waals surface area contributed by atoms with Crippen LogP contribution >= 0.6 is 0 Å². The van der Waals surface area contributed by atoms with Gasteiger partial charge in [0.05, 0.1) is 34.4 Å². The SMILES string of the molecule is Cc1cc([N+](=O)[O-])nn1CCC(=O)Nc1nc2ccccc2n1C. The van der Waals surface area contributed by atoms with Gasteiger partial charge in [0, 0.05) is 13.5 Å². The number of amides is 1. The van der Waals surface area contributed by atoms with Crippen LogP contribution in [0.15, 0.2) is 30.3 Å². The van der Waals surface area contributed by atoms with Crippen LogP contribution in [0.25, 0.3) is 11.0 Å². The zero-order valence-electron chi connectivity index (χ0n) is 13.3. The minimum Gasteiger partial charge on any atom is -0.358 e. The van der Waals surface area contributed by atoms with E-state index in [9.17, 15) is 14.9 Å². The maximum Gasteiger partial charge on any atom is 0.390 e. The lowest BCUT2D eigenvalue weighted by Gasteiger charge is -2.05. The Balaban J connectivity index is 1.67. The molecule has 0 radical (unpaired) electrons. The van der Waals surface area contributed by atoms with Gasteiger partial charge in [-0.1, -0.05) is 12.1 Å². The number of nitrogens with one attached hydrogen (secondary N) is 1. The molecule has 0 atom stereocenters. The highest BCUT2D eigenvalue weighted by Gasteiger charge is 2.16. The summed E-state index contributed by atoms with van der Waals surface area (Å²) in [6, 6.07) is 8.96. The number of fused-ring (bicyclic) bond motifs is 1. The first-order valence-electron chi connectivity index (χ1n) is 7.36. The van der Waals surface area contributed by atoms with Crippen molar-refractivity contribution in [1.29, 1.82) is 0 Å². The minimum absolute atomic E-state index is 0.142. The third kappa shape index (κ3) is 2.96. The fraction of sp³-hybridized carbons (Fsp3) is 0.267. The van der Waals surface area contributed by atoms with Crippen LogP contribution in [0.5, 0.6) is 0 Å². The number of carbonyl (C=O) groups excluding carboxylic acids is 1. The van der Waals surface area contributed by atoms with Gasteiger partial charge in [-0.2, -0.15) is 4.68 Å². The molecule has 3 aromatic rings. The van der Waals surface area contributed by atoms with Gasteiger partial charge >= 0.3 is 5.82 Å². The summed E-state index contributed by atoms with van der Waals surface area (Å²) in [4.78, 5) is 26.7. The smallest absolute Gasteiger partial charge is 0.358 e. The lowest BCUT2D eigenvalue weighted by molar-refractivity contribution is -0.389. The van der Waals surface area contributed by atoms with Gasteiger partial charge in [-0.15, -0.1) is 0 Å². The Bertz CT molecular complexity index is 927. The normalized spacial score (nSPS) is 10.9. The van der Waals surface area contributed by atoms with E-state index in [0.29, 0.717) is 11.6 Å². The van der Waals surface area contributed by atoms with Gasteiger partial charge in [0.1, 0.15) is 0 Å². The molecular weight excluding hydrogens is 312 g/mol. The van der Waals surface area contributed by atoms with Gasteiger partial charge in [0.15, 0.2) is 0 Å². The molecule has 9 nitrogen and oxygen atoms in total. The summed E-state index contributed by atoms with van der Waals surface area (Å²) in [5, 5.41) is 17.3. The molecule has 0 aliphatic carbocycles. The van der Waals surface area contributed by atoms with Crippen LogP contribution in [0.3, 0.4) is 0 Å². The highest BCUT2D eigenvalue weighted by molar-refractivity contribution is 5.91. The third-order valence-electron chi connectivity index (χ3n) is 3.74. The fourth-order valence-corrected chi connectivity index (χ4v) is 2.46. The molecule has 2 heterocycles. The van der Waals surface area contributed by atoms with E-state index < -0.39 is 4.92 Å². The van der Waals surface area contributed by atoms with E-state index in [1.54, 1.807) is 11.5 Å². The maximum atomic E-state index is 12.1. The molecule has 2 aromatic heterocycles. The van der Waals surface area contributed by atoms with Crippen molar-refractivity contribution in [3.05, 3.63) is 46.1 Å². The molecule has 124 valence electrons. The second kappa shape index (κ2) is 6.11. The Kier molecular flexibility index (Phi) is 3.98. The zero-order valence-corrected chi connectivity index (χ0v) is 13.3. The van der Waals surface area contributed by atoms with Gasteiger partial charge < -0.3 is 14.7 Å². The number of para-hydroxylation sites is 2. The molecule has 24 heavy (non-hydrogen) atoms. The second-order valence-electron chi connectivity index (χ2n) is 5.41. The molecule has 0 spiro atoms. The number of anilines is 1. The van der Waals surface area contributed by atoms with Crippen LogP contribution in [0.4, 0.5) is 11.8 Å². The van der Waals surface area contributed by atoms with Crippen LogP contribution in [0.1, 0.15) is 12.1 Å². The fourth-order valence-electron chi connectivity index (χ4n) is 2.46. The van der Waals surface area contributed by atoms with Crippen molar-refractivity contribution in [2.24, 2.45) is 7.05 Å². The van der Waals surface area contributed by atoms with Gasteiger partial charge in [-0.3, -0.25) is 10.1 Å². The number of imidazole rings is 1. The molecule has 0 saturated carbocycles. The number of nitrogens with zero attached hydrogens (tertiary/aromatic N) is 5. The molecular formula is C15H16N6O3. The first-order valence-corrected chi connectivity index (χ1v) is 7.36. The van der Waals surface area contributed by atoms with Crippen molar-refractivity contribution in [2.75, 3.05) is 5.32 Å². The Morgan fingerprint density at radius 2 is 2.12 bits per heavy atom. The van der Waals surface area contributed by atoms with E-state index in [1.807, 2.05) is 31.3 Å². The van der Waals surface area contributed by atoms with Crippen molar-refractivity contribution in [2.45, 2.75) is 19.9 Å². The molecule has 1 amide bonds. The minimum atomic E-state index is -0.553. The maximum absolute atomic E-state index is 12.1. The average molecular weight is 328 g/mol. The van der Waals surface area contributed by atoms with Gasteiger partial charge in [-0.05, 0) is 24.0 Å². The van der Waals surface area contributed by atoms with Crippen molar-refractivity contribution in [3.8, 4) is 0 Å². The summed E-state index contributed by atoms with van der Waals surface area (Å²) in [6.45, 7) is 1.97. The van der Waals surface area contributed by atoms with Crippen LogP contribution < -0.4 is 5.32 Å². The van der Waals surface area contributed by atoms with Crippen molar-refractivity contribution in [1.82, 2.24) is 19.3 Å². The van der Waals surface area contributed by atoms with Crippen molar-refractivity contribution >= 4 is 28.7 Å². The predicted molar refractivity (Wildman–Crippen MR) is 87.6 cm³/mol. The van der Waals surface area contributed by atoms with Crippen LogP contribution in [-0.4, -0.2) is 30.2 Å². The Morgan fingerprint density at radius 1 is 1.38 bits per heavy atom. The number of hydrogen-bond acceptors (Lipinski definition) is 5. The van der Waals surface area contributed by atoms with E-state index in [2.05, 4.69) is 15.4 Å². The van der Waals surface area contributed by atoms with Gasteiger partial charge in [-0.25, -0.2) is 4.98 Å². The standard InChI is InChI=1S/C15H16N6O3/c1-10-9-13(21(23)24)18-20(10)8-7-14(22)17-15-16-11-5-3-4-6-12(11)19(15)2/h3-6,9H,7-8H2,1-2H3,(H,16,17,22). The third-order valence-corrected chi connectivity index (χ3v) is 3.74. The molecule has 0 aliphatic rings. The number of rotatable bonds is 5. The van der Waals surface area contributed by atoms with Gasteiger partial charge in [0.25, 0.3) is 0 Å². The topological polar surface area (TPSA) is 108 Å². The van der Waals surface area contributed by atoms with E-state index >= 15 is 0 Å². The molecule has 1 N–H and O–H groups in total. The molecule has 3 rings (SSSR count). The van der Waals surface area contributed by atoms with Crippen molar-refractivity contribution < 1.29 is 9.72 Å². The average Bonchev–Trinajstić information content (AvgIpc) is 3.07. The summed E-state index contributed by atoms with van der Waals surface area (Å²) in [6.07, 6.45) is 0.142. The number of aryl methyl sites for hydroxylation is 3. The van der Waals surface area contributed by atoms with Gasteiger partial charge in [0.2, 0.25) is 11.9 Å². The van der Waals surface area contributed by atoms with Crippen LogP contribution in [0, 0.1) is 17.0 Å². The summed E-state index contributed by atoms with van der Waals surface area (Å²) in [5.41, 5.74) is 2.36. The first-order chi connectivity index (χ1) is 11.5. The summed E-state index contributed by atoms with van der Waals surface area (Å²) in [7, 11) is 1.83. The Morgan fingerprint density at radius 3 is 2.79 bits per heavy atom. The van der Waals surface area contributed by atoms with E-state index in [0.717, 1.165) is 11.0 Å². The summed E-state index contributed by atoms with van der Waals surface area (Å²) < 4.78 is 3.25. The quantitative estimate of drug-likeness (QED) is 0.569. The highest BCUT2D eigenvalue weighted by Crippen LogP contribution is 2.18. The Hall–Kier alpha value is -3.23. The molecule has 0 saturated heterocycles. The molecule has 0 aliphatic heterocycles. The van der Waals surface area contributed by atoms with E-state index in [-0.39, 0.29) is 24.7 Å². The second-order valence-corrected chi connectivity index (χ2v) is 5.41. The molecule has 1 aromatic carbocycles. The lowest BCUT2D eigenvalue weighted by atomic mass is 10.3. The number of aromatic nitrogens is 4. The summed E-state index contributed by atoms with van der Waals surface area (Å²) >= 11 is 0. The summed E-state index contributed by atoms with van der Waals surface area (Å²) in [5.74, 6) is 0.0126. The van der Waals surface area contributed by atoms with Crippen LogP contribution in [-0.2, 0) is 18.4 Å². The van der Waals surface area contributed by atoms with E-state index in [4.69, 9.17) is 0 Å². The molecule has 0 bridgehead atoms. The van der Waals surface area contributed by atoms with Crippen molar-refractivity contribution in [3.63, 3.8) is 0 Å². The number of carbonyl (C=O) groups is 1. The number of benzene rings is 1. The highest BCUT2D eigenvalue weighted by atomic mass is 16.6. The molecule has 9 heteroatoms. The van der Waals surface area contributed by atoms with Crippen LogP contribution in [0.2, 0.25) is 0 Å². The Labute approximate surface area is 137 Å².